The molecule has 8 fully saturated rings. The van der Waals surface area contributed by atoms with Gasteiger partial charge in [0.1, 0.15) is 60.4 Å². The van der Waals surface area contributed by atoms with Crippen LogP contribution in [-0.2, 0) is 61.8 Å². The molecule has 79 heavy (non-hydrogen) atoms. The van der Waals surface area contributed by atoms with E-state index >= 15 is 0 Å². The van der Waals surface area contributed by atoms with Gasteiger partial charge in [-0.2, -0.15) is 0 Å². The third kappa shape index (κ3) is 9.25. The van der Waals surface area contributed by atoms with E-state index < -0.39 is 161 Å². The number of carboxylic acid groups (broad SMARTS) is 1. The molecule has 3 aliphatic heterocycles. The average Bonchev–Trinajstić information content (AvgIpc) is 2.88. The molecule has 20 heteroatoms. The Bertz CT molecular complexity index is 2510. The maximum absolute atomic E-state index is 14.3. The molecule has 2 bridgehead atoms. The van der Waals surface area contributed by atoms with E-state index in [0.29, 0.717) is 50.5 Å². The Hall–Kier alpha value is -3.90. The lowest BCUT2D eigenvalue weighted by molar-refractivity contribution is -0.377. The van der Waals surface area contributed by atoms with Crippen molar-refractivity contribution in [3.05, 3.63) is 53.6 Å². The molecule has 3 saturated heterocycles. The number of carbonyl (C=O) groups is 4. The van der Waals surface area contributed by atoms with E-state index in [1.54, 1.807) is 26.0 Å². The van der Waals surface area contributed by atoms with Crippen molar-refractivity contribution in [2.24, 2.45) is 50.2 Å². The molecule has 1 aromatic carbocycles. The van der Waals surface area contributed by atoms with Gasteiger partial charge in [0, 0.05) is 42.4 Å². The monoisotopic (exact) mass is 1110 g/mol. The van der Waals surface area contributed by atoms with Crippen molar-refractivity contribution < 1.29 is 97.6 Å². The summed E-state index contributed by atoms with van der Waals surface area (Å²) < 4.78 is 57.3. The van der Waals surface area contributed by atoms with Crippen LogP contribution in [0.5, 0.6) is 0 Å². The fourth-order valence-corrected chi connectivity index (χ4v) is 17.4. The number of rotatable bonds is 13. The molecular formula is C59H84O20. The molecule has 5 saturated carbocycles. The van der Waals surface area contributed by atoms with Crippen molar-refractivity contribution in [2.75, 3.05) is 13.7 Å². The Labute approximate surface area is 462 Å². The van der Waals surface area contributed by atoms with Crippen LogP contribution in [0.2, 0.25) is 0 Å². The molecule has 5 aliphatic carbocycles. The molecule has 3 heterocycles. The number of aliphatic carboxylic acids is 1. The average molecular weight is 1110 g/mol. The number of hydrogen-bond donors (Lipinski definition) is 7. The number of allylic oxidation sites excluding steroid dienone is 1. The Kier molecular flexibility index (Phi) is 16.2. The van der Waals surface area contributed by atoms with Crippen molar-refractivity contribution >= 4 is 30.0 Å². The van der Waals surface area contributed by atoms with Crippen LogP contribution < -0.4 is 0 Å². The number of hydrogen-bond acceptors (Lipinski definition) is 19. The van der Waals surface area contributed by atoms with Gasteiger partial charge < -0.3 is 78.4 Å². The molecular weight excluding hydrogens is 1030 g/mol. The molecule has 0 aromatic heterocycles. The van der Waals surface area contributed by atoms with Crippen LogP contribution in [0.15, 0.2) is 48.1 Å². The van der Waals surface area contributed by atoms with Crippen LogP contribution in [0.1, 0.15) is 126 Å². The highest BCUT2D eigenvalue weighted by atomic mass is 16.8. The van der Waals surface area contributed by atoms with E-state index in [4.69, 9.17) is 42.6 Å². The zero-order valence-electron chi connectivity index (χ0n) is 47.3. The predicted molar refractivity (Wildman–Crippen MR) is 278 cm³/mol. The van der Waals surface area contributed by atoms with Gasteiger partial charge in [0.05, 0.1) is 18.3 Å². The van der Waals surface area contributed by atoms with Gasteiger partial charge in [-0.05, 0) is 105 Å². The van der Waals surface area contributed by atoms with E-state index in [-0.39, 0.29) is 23.7 Å². The first-order valence-electron chi connectivity index (χ1n) is 28.1. The Morgan fingerprint density at radius 3 is 2.04 bits per heavy atom. The standard InChI is InChI=1S/C59H84O20/c1-12-29(2)49(69)78-46-47(75-38(62)19-18-31-16-14-13-15-17-31)59-35(26-53(46,4)5)58(79-52(59)70)25-21-34-55(8)23-22-36(54(6,7)33(55)20-24-56(34,9)57(58,10)27-37(59)72-30(3)61)74-51-45(43(71-11)42(66)44(76-51)48(67)68)77-50-41(65)40(64)39(63)32(28-60)73-50/h12-19,32-37,39-47,50-52,60,63-66,70H,20-28H2,1-11H3,(H,67,68)/b19-18+,29-12-/t32-,33?,34?,35+,36+,37-,39+,40+,41-,42+,43+,44+,45-,46+,47?,50?,51-,52-,55+,56-,57+,58+,59?/m1/s1. The number of fused-ring (bicyclic) bond motifs is 4. The van der Waals surface area contributed by atoms with Crippen LogP contribution in [0, 0.1) is 50.2 Å². The molecule has 1 aromatic rings. The topological polar surface area (TPSA) is 293 Å². The lowest BCUT2D eigenvalue weighted by Crippen LogP contribution is -2.77. The largest absolute Gasteiger partial charge is 0.479 e. The van der Waals surface area contributed by atoms with Crippen LogP contribution in [0.25, 0.3) is 6.08 Å². The summed E-state index contributed by atoms with van der Waals surface area (Å²) in [7, 11) is 1.25. The van der Waals surface area contributed by atoms with E-state index in [9.17, 15) is 54.9 Å². The summed E-state index contributed by atoms with van der Waals surface area (Å²) in [6, 6.07) is 9.23. The highest BCUT2D eigenvalue weighted by Gasteiger charge is 2.86. The molecule has 440 valence electrons. The lowest BCUT2D eigenvalue weighted by atomic mass is 9.30. The maximum Gasteiger partial charge on any atom is 0.335 e. The zero-order valence-corrected chi connectivity index (χ0v) is 47.3. The molecule has 7 N–H and O–H groups in total. The van der Waals surface area contributed by atoms with Gasteiger partial charge in [0.2, 0.25) is 0 Å². The first-order valence-corrected chi connectivity index (χ1v) is 28.1. The van der Waals surface area contributed by atoms with Crippen LogP contribution in [-0.4, -0.2) is 171 Å². The van der Waals surface area contributed by atoms with Crippen LogP contribution in [0.4, 0.5) is 0 Å². The smallest absolute Gasteiger partial charge is 0.335 e. The summed E-state index contributed by atoms with van der Waals surface area (Å²) in [5.41, 5.74) is -4.71. The molecule has 0 amide bonds. The van der Waals surface area contributed by atoms with Gasteiger partial charge in [-0.25, -0.2) is 14.4 Å². The van der Waals surface area contributed by atoms with Crippen LogP contribution >= 0.6 is 0 Å². The highest BCUT2D eigenvalue weighted by Crippen LogP contribution is 2.82. The molecule has 23 atom stereocenters. The number of esters is 3. The van der Waals surface area contributed by atoms with Gasteiger partial charge >= 0.3 is 23.9 Å². The summed E-state index contributed by atoms with van der Waals surface area (Å²) in [6.45, 7) is 19.0. The number of aliphatic hydroxyl groups excluding tert-OH is 6. The quantitative estimate of drug-likeness (QED) is 0.0625. The molecule has 0 radical (unpaired) electrons. The Morgan fingerprint density at radius 2 is 1.41 bits per heavy atom. The summed E-state index contributed by atoms with van der Waals surface area (Å²) in [5.74, 6) is -3.97. The third-order valence-electron chi connectivity index (χ3n) is 21.5. The van der Waals surface area contributed by atoms with E-state index in [1.807, 2.05) is 44.2 Å². The number of ether oxygens (including phenoxy) is 9. The van der Waals surface area contributed by atoms with Gasteiger partial charge in [-0.15, -0.1) is 0 Å². The zero-order chi connectivity index (χ0) is 57.7. The predicted octanol–water partition coefficient (Wildman–Crippen LogP) is 4.36. The van der Waals surface area contributed by atoms with Crippen molar-refractivity contribution in [3.8, 4) is 0 Å². The number of carbonyl (C=O) groups excluding carboxylic acids is 3. The number of benzene rings is 1. The van der Waals surface area contributed by atoms with Crippen molar-refractivity contribution in [2.45, 2.75) is 218 Å². The van der Waals surface area contributed by atoms with Gasteiger partial charge in [0.25, 0.3) is 0 Å². The number of aliphatic hydroxyl groups is 6. The second-order valence-corrected chi connectivity index (χ2v) is 26.0. The van der Waals surface area contributed by atoms with Crippen molar-refractivity contribution in [1.29, 1.82) is 0 Å². The number of carboxylic acids is 1. The SMILES string of the molecule is C/C=C(/C)C(=O)O[C@H]1C(OC(=O)/C=C/c2ccccc2)C23[C@H](O)O[C@@]4(CCC5[C@@]6(C)CC[C@H](O[C@@H]7O[C@H](C(=O)O)[C@@H](O)[C@H](OC)[C@H]7OC7O[C@H](CO)[C@H](O)[C@H](O)[C@H]7O)C(C)(C)C6CC[C@@]5(C)[C@]4(C)C[C@H]2OC(C)=O)[C@@H]3CC1(C)C. The van der Waals surface area contributed by atoms with Gasteiger partial charge in [0.15, 0.2) is 31.1 Å². The maximum atomic E-state index is 14.3. The minimum atomic E-state index is -1.83. The van der Waals surface area contributed by atoms with E-state index in [0.717, 1.165) is 5.56 Å². The molecule has 1 spiro atoms. The van der Waals surface area contributed by atoms with E-state index in [2.05, 4.69) is 34.6 Å². The normalized spacial score (nSPS) is 46.9. The summed E-state index contributed by atoms with van der Waals surface area (Å²) in [6.07, 6.45) is -13.2. The third-order valence-corrected chi connectivity index (χ3v) is 21.5. The molecule has 9 rings (SSSR count). The fourth-order valence-electron chi connectivity index (χ4n) is 17.4. The van der Waals surface area contributed by atoms with Crippen LogP contribution in [0.3, 0.4) is 0 Å². The summed E-state index contributed by atoms with van der Waals surface area (Å²) in [4.78, 5) is 54.3. The minimum Gasteiger partial charge on any atom is -0.479 e. The summed E-state index contributed by atoms with van der Waals surface area (Å²) in [5, 5.41) is 76.6. The minimum absolute atomic E-state index is 0.0126. The Morgan fingerprint density at radius 1 is 0.722 bits per heavy atom. The lowest BCUT2D eigenvalue weighted by Gasteiger charge is -2.75. The molecule has 5 unspecified atom stereocenters. The van der Waals surface area contributed by atoms with Crippen molar-refractivity contribution in [3.63, 3.8) is 0 Å². The van der Waals surface area contributed by atoms with Gasteiger partial charge in [-0.1, -0.05) is 84.9 Å². The second-order valence-electron chi connectivity index (χ2n) is 26.0. The fraction of sp³-hybridized carbons (Fsp3) is 0.763. The highest BCUT2D eigenvalue weighted by molar-refractivity contribution is 5.88. The Balaban J connectivity index is 1.05. The first kappa shape index (κ1) is 59.7. The number of methoxy groups -OCH3 is 1. The van der Waals surface area contributed by atoms with Crippen molar-refractivity contribution in [1.82, 2.24) is 0 Å². The first-order chi connectivity index (χ1) is 37.0. The molecule has 20 nitrogen and oxygen atoms in total. The van der Waals surface area contributed by atoms with E-state index in [1.165, 1.54) is 20.1 Å². The van der Waals surface area contributed by atoms with Gasteiger partial charge in [-0.3, -0.25) is 4.79 Å². The summed E-state index contributed by atoms with van der Waals surface area (Å²) >= 11 is 0. The second kappa shape index (κ2) is 21.4. The molecule has 8 aliphatic rings.